The van der Waals surface area contributed by atoms with E-state index in [9.17, 15) is 0 Å². The monoisotopic (exact) mass is 154 g/mol. The van der Waals surface area contributed by atoms with Crippen LogP contribution in [0.3, 0.4) is 0 Å². The van der Waals surface area contributed by atoms with Gasteiger partial charge in [-0.3, -0.25) is 4.98 Å². The van der Waals surface area contributed by atoms with Gasteiger partial charge in [-0.1, -0.05) is 6.92 Å². The Hall–Kier alpha value is -1.09. The predicted molar refractivity (Wildman–Crippen MR) is 45.5 cm³/mol. The van der Waals surface area contributed by atoms with Crippen molar-refractivity contribution in [2.24, 2.45) is 5.73 Å². The van der Waals surface area contributed by atoms with Gasteiger partial charge < -0.3 is 10.5 Å². The highest BCUT2D eigenvalue weighted by atomic mass is 16.5. The van der Waals surface area contributed by atoms with Crippen LogP contribution in [-0.2, 0) is 0 Å². The molecule has 0 saturated heterocycles. The van der Waals surface area contributed by atoms with Crippen LogP contribution in [0.1, 0.15) is 6.92 Å². The molecule has 3 heteroatoms. The van der Waals surface area contributed by atoms with Gasteiger partial charge in [0.2, 0.25) is 0 Å². The normalized spacial score (nSPS) is 7.91. The van der Waals surface area contributed by atoms with E-state index in [4.69, 9.17) is 10.5 Å². The quantitative estimate of drug-likeness (QED) is 0.657. The number of pyridine rings is 1. The molecule has 0 atom stereocenters. The summed E-state index contributed by atoms with van der Waals surface area (Å²) in [6.45, 7) is 2.65. The number of methoxy groups -OCH3 is 1. The zero-order chi connectivity index (χ0) is 8.53. The average Bonchev–Trinajstić information content (AvgIpc) is 2.08. The Balaban J connectivity index is 0.000000292. The van der Waals surface area contributed by atoms with Crippen molar-refractivity contribution in [3.8, 4) is 5.75 Å². The topological polar surface area (TPSA) is 48.1 Å². The number of hydrogen-bond donors (Lipinski definition) is 1. The van der Waals surface area contributed by atoms with E-state index in [1.54, 1.807) is 19.5 Å². The Bertz CT molecular complexity index is 165. The van der Waals surface area contributed by atoms with E-state index in [-0.39, 0.29) is 0 Å². The van der Waals surface area contributed by atoms with Crippen LogP contribution >= 0.6 is 0 Å². The molecule has 3 nitrogen and oxygen atoms in total. The van der Waals surface area contributed by atoms with Crippen LogP contribution in [0.15, 0.2) is 24.5 Å². The van der Waals surface area contributed by atoms with E-state index < -0.39 is 0 Å². The second-order valence-corrected chi connectivity index (χ2v) is 1.80. The van der Waals surface area contributed by atoms with Crippen LogP contribution < -0.4 is 10.5 Å². The zero-order valence-electron chi connectivity index (χ0n) is 6.95. The minimum absolute atomic E-state index is 0.750. The third kappa shape index (κ3) is 5.36. The smallest absolute Gasteiger partial charge is 0.137 e. The summed E-state index contributed by atoms with van der Waals surface area (Å²) >= 11 is 0. The molecule has 0 fully saturated rings. The number of nitrogens with zero attached hydrogens (tertiary/aromatic N) is 1. The van der Waals surface area contributed by atoms with Crippen molar-refractivity contribution < 1.29 is 4.74 Å². The van der Waals surface area contributed by atoms with Crippen molar-refractivity contribution in [1.29, 1.82) is 0 Å². The maximum atomic E-state index is 4.85. The summed E-state index contributed by atoms with van der Waals surface area (Å²) in [6, 6.07) is 3.69. The second kappa shape index (κ2) is 7.02. The van der Waals surface area contributed by atoms with Gasteiger partial charge >= 0.3 is 0 Å². The summed E-state index contributed by atoms with van der Waals surface area (Å²) in [5, 5.41) is 0. The highest BCUT2D eigenvalue weighted by Gasteiger charge is 1.81. The first kappa shape index (κ1) is 9.91. The summed E-state index contributed by atoms with van der Waals surface area (Å²) in [7, 11) is 1.62. The molecule has 1 rings (SSSR count). The lowest BCUT2D eigenvalue weighted by Gasteiger charge is -1.93. The summed E-state index contributed by atoms with van der Waals surface area (Å²) in [5.74, 6) is 0.799. The lowest BCUT2D eigenvalue weighted by molar-refractivity contribution is 0.413. The van der Waals surface area contributed by atoms with Gasteiger partial charge in [0.15, 0.2) is 0 Å². The largest absolute Gasteiger partial charge is 0.495 e. The Morgan fingerprint density at radius 1 is 1.64 bits per heavy atom. The number of rotatable bonds is 1. The van der Waals surface area contributed by atoms with Crippen molar-refractivity contribution in [3.63, 3.8) is 0 Å². The molecule has 1 aromatic heterocycles. The van der Waals surface area contributed by atoms with Gasteiger partial charge in [-0.2, -0.15) is 0 Å². The molecule has 62 valence electrons. The van der Waals surface area contributed by atoms with Crippen LogP contribution in [-0.4, -0.2) is 18.6 Å². The van der Waals surface area contributed by atoms with Crippen molar-refractivity contribution in [1.82, 2.24) is 4.98 Å². The van der Waals surface area contributed by atoms with Crippen LogP contribution in [0, 0.1) is 0 Å². The highest BCUT2D eigenvalue weighted by molar-refractivity contribution is 5.14. The van der Waals surface area contributed by atoms with Crippen LogP contribution in [0.4, 0.5) is 0 Å². The Kier molecular flexibility index (Phi) is 6.33. The van der Waals surface area contributed by atoms with Gasteiger partial charge in [0.1, 0.15) is 5.75 Å². The molecule has 1 heterocycles. The summed E-state index contributed by atoms with van der Waals surface area (Å²) in [4.78, 5) is 3.83. The third-order valence-electron chi connectivity index (χ3n) is 0.870. The van der Waals surface area contributed by atoms with Crippen molar-refractivity contribution in [3.05, 3.63) is 24.5 Å². The lowest BCUT2D eigenvalue weighted by Crippen LogP contribution is -1.87. The Morgan fingerprint density at radius 2 is 2.27 bits per heavy atom. The fraction of sp³-hybridized carbons (Fsp3) is 0.375. The van der Waals surface area contributed by atoms with Gasteiger partial charge in [0.25, 0.3) is 0 Å². The van der Waals surface area contributed by atoms with E-state index >= 15 is 0 Å². The zero-order valence-corrected chi connectivity index (χ0v) is 6.95. The number of hydrogen-bond acceptors (Lipinski definition) is 3. The molecule has 0 aliphatic rings. The van der Waals surface area contributed by atoms with Gasteiger partial charge in [-0.25, -0.2) is 0 Å². The molecule has 0 aliphatic carbocycles. The SMILES string of the molecule is CCN.COc1cccnc1. The van der Waals surface area contributed by atoms with Gasteiger partial charge in [0.05, 0.1) is 13.3 Å². The van der Waals surface area contributed by atoms with E-state index in [1.807, 2.05) is 19.1 Å². The van der Waals surface area contributed by atoms with Crippen LogP contribution in [0.5, 0.6) is 5.75 Å². The maximum Gasteiger partial charge on any atom is 0.137 e. The van der Waals surface area contributed by atoms with E-state index in [0.717, 1.165) is 12.3 Å². The lowest BCUT2D eigenvalue weighted by atomic mass is 10.5. The summed E-state index contributed by atoms with van der Waals surface area (Å²) < 4.78 is 4.85. The average molecular weight is 154 g/mol. The molecule has 1 aromatic rings. The molecule has 11 heavy (non-hydrogen) atoms. The Morgan fingerprint density at radius 3 is 2.55 bits per heavy atom. The second-order valence-electron chi connectivity index (χ2n) is 1.80. The molecule has 0 aliphatic heterocycles. The van der Waals surface area contributed by atoms with E-state index in [2.05, 4.69) is 4.98 Å². The predicted octanol–water partition coefficient (Wildman–Crippen LogP) is 1.06. The van der Waals surface area contributed by atoms with E-state index in [1.165, 1.54) is 0 Å². The molecule has 0 radical (unpaired) electrons. The van der Waals surface area contributed by atoms with Crippen LogP contribution in [0.2, 0.25) is 0 Å². The fourth-order valence-electron chi connectivity index (χ4n) is 0.468. The van der Waals surface area contributed by atoms with Crippen molar-refractivity contribution >= 4 is 0 Å². The molecule has 0 aromatic carbocycles. The van der Waals surface area contributed by atoms with E-state index in [0.29, 0.717) is 0 Å². The van der Waals surface area contributed by atoms with Crippen molar-refractivity contribution in [2.75, 3.05) is 13.7 Å². The number of nitrogens with two attached hydrogens (primary N) is 1. The summed E-state index contributed by atoms with van der Waals surface area (Å²) in [6.07, 6.45) is 3.38. The molecule has 0 unspecified atom stereocenters. The minimum Gasteiger partial charge on any atom is -0.495 e. The van der Waals surface area contributed by atoms with Gasteiger partial charge in [-0.15, -0.1) is 0 Å². The van der Waals surface area contributed by atoms with Gasteiger partial charge in [-0.05, 0) is 18.7 Å². The first-order chi connectivity index (χ1) is 5.35. The van der Waals surface area contributed by atoms with Gasteiger partial charge in [0, 0.05) is 6.20 Å². The molecule has 0 saturated carbocycles. The first-order valence-corrected chi connectivity index (χ1v) is 3.49. The molecule has 0 amide bonds. The van der Waals surface area contributed by atoms with Crippen LogP contribution in [0.25, 0.3) is 0 Å². The third-order valence-corrected chi connectivity index (χ3v) is 0.870. The highest BCUT2D eigenvalue weighted by Crippen LogP contribution is 2.02. The fourth-order valence-corrected chi connectivity index (χ4v) is 0.468. The maximum absolute atomic E-state index is 4.85. The summed E-state index contributed by atoms with van der Waals surface area (Å²) in [5.41, 5.74) is 4.85. The standard InChI is InChI=1S/C6H7NO.C2H7N/c1-8-6-3-2-4-7-5-6;1-2-3/h2-5H,1H3;2-3H2,1H3. The molecule has 0 bridgehead atoms. The van der Waals surface area contributed by atoms with Crippen molar-refractivity contribution in [2.45, 2.75) is 6.92 Å². The number of ether oxygens (including phenoxy) is 1. The minimum atomic E-state index is 0.750. The molecular weight excluding hydrogens is 140 g/mol. The molecule has 0 spiro atoms. The molecule has 2 N–H and O–H groups in total. The number of aromatic nitrogens is 1. The molecular formula is C8H14N2O. The first-order valence-electron chi connectivity index (χ1n) is 3.49. The Labute approximate surface area is 67.2 Å².